The molecule has 1 aliphatic heterocycles. The van der Waals surface area contributed by atoms with Crippen molar-refractivity contribution in [3.63, 3.8) is 0 Å². The molecule has 0 unspecified atom stereocenters. The molecule has 1 heterocycles. The fourth-order valence-corrected chi connectivity index (χ4v) is 3.47. The highest BCUT2D eigenvalue weighted by Gasteiger charge is 2.28. The number of piperidine rings is 1. The van der Waals surface area contributed by atoms with Gasteiger partial charge in [-0.05, 0) is 55.3 Å². The number of Topliss-reactive ketones (excluding diaryl/α,β-unsaturated/α-hetero) is 1. The first-order chi connectivity index (χ1) is 13.0. The van der Waals surface area contributed by atoms with Crippen molar-refractivity contribution in [3.05, 3.63) is 58.6 Å². The molecule has 0 N–H and O–H groups in total. The van der Waals surface area contributed by atoms with Crippen LogP contribution >= 0.6 is 11.6 Å². The van der Waals surface area contributed by atoms with Gasteiger partial charge >= 0.3 is 0 Å². The van der Waals surface area contributed by atoms with Crippen LogP contribution in [-0.2, 0) is 0 Å². The van der Waals surface area contributed by atoms with Gasteiger partial charge in [0.15, 0.2) is 17.3 Å². The predicted molar refractivity (Wildman–Crippen MR) is 104 cm³/mol. The van der Waals surface area contributed by atoms with Crippen molar-refractivity contribution < 1.29 is 19.1 Å². The van der Waals surface area contributed by atoms with Gasteiger partial charge in [0.2, 0.25) is 0 Å². The average Bonchev–Trinajstić information content (AvgIpc) is 2.72. The highest BCUT2D eigenvalue weighted by atomic mass is 35.5. The van der Waals surface area contributed by atoms with E-state index in [0.29, 0.717) is 53.6 Å². The number of nitrogens with zero attached hydrogens (tertiary/aromatic N) is 1. The molecule has 0 radical (unpaired) electrons. The Bertz CT molecular complexity index is 827. The van der Waals surface area contributed by atoms with E-state index >= 15 is 0 Å². The van der Waals surface area contributed by atoms with Gasteiger partial charge in [-0.25, -0.2) is 0 Å². The van der Waals surface area contributed by atoms with E-state index in [2.05, 4.69) is 0 Å². The Kier molecular flexibility index (Phi) is 6.01. The van der Waals surface area contributed by atoms with Crippen LogP contribution in [0.5, 0.6) is 11.5 Å². The van der Waals surface area contributed by atoms with E-state index in [-0.39, 0.29) is 17.6 Å². The Labute approximate surface area is 163 Å². The van der Waals surface area contributed by atoms with Gasteiger partial charge in [0.05, 0.1) is 14.2 Å². The Morgan fingerprint density at radius 1 is 0.926 bits per heavy atom. The molecular formula is C21H22ClNO4. The lowest BCUT2D eigenvalue weighted by Crippen LogP contribution is -2.40. The molecule has 0 aliphatic carbocycles. The zero-order chi connectivity index (χ0) is 19.4. The predicted octanol–water partition coefficient (Wildman–Crippen LogP) is 4.09. The second-order valence-electron chi connectivity index (χ2n) is 6.51. The summed E-state index contributed by atoms with van der Waals surface area (Å²) in [4.78, 5) is 27.2. The van der Waals surface area contributed by atoms with E-state index in [4.69, 9.17) is 21.1 Å². The number of ether oxygens (including phenoxy) is 2. The maximum Gasteiger partial charge on any atom is 0.253 e. The number of rotatable bonds is 5. The largest absolute Gasteiger partial charge is 0.493 e. The number of methoxy groups -OCH3 is 2. The van der Waals surface area contributed by atoms with Crippen LogP contribution in [0.4, 0.5) is 0 Å². The number of hydrogen-bond donors (Lipinski definition) is 0. The van der Waals surface area contributed by atoms with Crippen LogP contribution in [0.1, 0.15) is 33.6 Å². The van der Waals surface area contributed by atoms with Gasteiger partial charge in [-0.15, -0.1) is 0 Å². The molecule has 1 aliphatic rings. The summed E-state index contributed by atoms with van der Waals surface area (Å²) in [6.45, 7) is 1.11. The first kappa shape index (κ1) is 19.2. The third-order valence-corrected chi connectivity index (χ3v) is 5.16. The minimum absolute atomic E-state index is 0.0617. The van der Waals surface area contributed by atoms with Gasteiger partial charge in [-0.2, -0.15) is 0 Å². The third kappa shape index (κ3) is 4.25. The monoisotopic (exact) mass is 387 g/mol. The van der Waals surface area contributed by atoms with E-state index in [0.717, 1.165) is 0 Å². The third-order valence-electron chi connectivity index (χ3n) is 4.91. The molecule has 0 bridgehead atoms. The molecule has 0 saturated carbocycles. The quantitative estimate of drug-likeness (QED) is 0.725. The van der Waals surface area contributed by atoms with Gasteiger partial charge in [-0.1, -0.05) is 11.6 Å². The zero-order valence-corrected chi connectivity index (χ0v) is 16.2. The maximum atomic E-state index is 12.8. The fraction of sp³-hybridized carbons (Fsp3) is 0.333. The Morgan fingerprint density at radius 2 is 1.52 bits per heavy atom. The SMILES string of the molecule is COc1ccc(C(=O)N2CCC(C(=O)c3ccc(Cl)cc3)CC2)cc1OC. The average molecular weight is 388 g/mol. The molecule has 2 aromatic rings. The molecule has 6 heteroatoms. The number of halogens is 1. The molecule has 142 valence electrons. The van der Waals surface area contributed by atoms with E-state index in [1.54, 1.807) is 61.6 Å². The molecule has 3 rings (SSSR count). The molecule has 0 aromatic heterocycles. The summed E-state index contributed by atoms with van der Waals surface area (Å²) in [5.41, 5.74) is 1.22. The summed E-state index contributed by atoms with van der Waals surface area (Å²) < 4.78 is 10.5. The van der Waals surface area contributed by atoms with E-state index in [1.165, 1.54) is 0 Å². The topological polar surface area (TPSA) is 55.8 Å². The van der Waals surface area contributed by atoms with Crippen LogP contribution in [0.2, 0.25) is 5.02 Å². The van der Waals surface area contributed by atoms with Crippen molar-refractivity contribution in [3.8, 4) is 11.5 Å². The van der Waals surface area contributed by atoms with Gasteiger partial charge in [-0.3, -0.25) is 9.59 Å². The van der Waals surface area contributed by atoms with Crippen molar-refractivity contribution in [1.29, 1.82) is 0 Å². The van der Waals surface area contributed by atoms with Crippen LogP contribution in [-0.4, -0.2) is 43.9 Å². The summed E-state index contributed by atoms with van der Waals surface area (Å²) in [6.07, 6.45) is 1.31. The summed E-state index contributed by atoms with van der Waals surface area (Å²) in [7, 11) is 3.10. The summed E-state index contributed by atoms with van der Waals surface area (Å²) in [5, 5.41) is 0.613. The zero-order valence-electron chi connectivity index (χ0n) is 15.4. The molecular weight excluding hydrogens is 366 g/mol. The fourth-order valence-electron chi connectivity index (χ4n) is 3.35. The Hall–Kier alpha value is -2.53. The van der Waals surface area contributed by atoms with Gasteiger partial charge in [0.1, 0.15) is 0 Å². The van der Waals surface area contributed by atoms with Crippen LogP contribution in [0.3, 0.4) is 0 Å². The van der Waals surface area contributed by atoms with Gasteiger partial charge in [0.25, 0.3) is 5.91 Å². The summed E-state index contributed by atoms with van der Waals surface area (Å²) >= 11 is 5.88. The lowest BCUT2D eigenvalue weighted by Gasteiger charge is -2.31. The molecule has 1 fully saturated rings. The van der Waals surface area contributed by atoms with Crippen molar-refractivity contribution in [2.45, 2.75) is 12.8 Å². The minimum Gasteiger partial charge on any atom is -0.493 e. The number of carbonyl (C=O) groups excluding carboxylic acids is 2. The molecule has 27 heavy (non-hydrogen) atoms. The highest BCUT2D eigenvalue weighted by molar-refractivity contribution is 6.30. The summed E-state index contributed by atoms with van der Waals surface area (Å²) in [6, 6.07) is 12.1. The highest BCUT2D eigenvalue weighted by Crippen LogP contribution is 2.29. The molecule has 0 atom stereocenters. The number of ketones is 1. The van der Waals surface area contributed by atoms with Crippen LogP contribution in [0, 0.1) is 5.92 Å². The second kappa shape index (κ2) is 8.44. The van der Waals surface area contributed by atoms with Gasteiger partial charge in [0, 0.05) is 35.2 Å². The first-order valence-electron chi connectivity index (χ1n) is 8.84. The number of amides is 1. The van der Waals surface area contributed by atoms with Crippen LogP contribution < -0.4 is 9.47 Å². The minimum atomic E-state index is -0.0689. The molecule has 1 amide bonds. The lowest BCUT2D eigenvalue weighted by molar-refractivity contribution is 0.0650. The normalized spacial score (nSPS) is 14.7. The molecule has 2 aromatic carbocycles. The first-order valence-corrected chi connectivity index (χ1v) is 9.22. The van der Waals surface area contributed by atoms with Crippen LogP contribution in [0.25, 0.3) is 0 Å². The van der Waals surface area contributed by atoms with Gasteiger partial charge < -0.3 is 14.4 Å². The lowest BCUT2D eigenvalue weighted by atomic mass is 9.88. The van der Waals surface area contributed by atoms with Crippen molar-refractivity contribution in [2.75, 3.05) is 27.3 Å². The number of benzene rings is 2. The van der Waals surface area contributed by atoms with Crippen molar-refractivity contribution in [2.24, 2.45) is 5.92 Å². The van der Waals surface area contributed by atoms with Crippen LogP contribution in [0.15, 0.2) is 42.5 Å². The molecule has 0 spiro atoms. The van der Waals surface area contributed by atoms with E-state index in [9.17, 15) is 9.59 Å². The number of carbonyl (C=O) groups is 2. The van der Waals surface area contributed by atoms with Crippen molar-refractivity contribution >= 4 is 23.3 Å². The maximum absolute atomic E-state index is 12.8. The number of likely N-dealkylation sites (tertiary alicyclic amines) is 1. The number of hydrogen-bond acceptors (Lipinski definition) is 4. The van der Waals surface area contributed by atoms with E-state index < -0.39 is 0 Å². The Balaban J connectivity index is 1.64. The van der Waals surface area contributed by atoms with E-state index in [1.807, 2.05) is 0 Å². The molecule has 1 saturated heterocycles. The summed E-state index contributed by atoms with van der Waals surface area (Å²) in [5.74, 6) is 1.09. The smallest absolute Gasteiger partial charge is 0.253 e. The standard InChI is InChI=1S/C21H22ClNO4/c1-26-18-8-5-16(13-19(18)27-2)21(25)23-11-9-15(10-12-23)20(24)14-3-6-17(22)7-4-14/h3-8,13,15H,9-12H2,1-2H3. The Morgan fingerprint density at radius 3 is 2.11 bits per heavy atom. The second-order valence-corrected chi connectivity index (χ2v) is 6.94. The van der Waals surface area contributed by atoms with Crippen molar-refractivity contribution in [1.82, 2.24) is 4.90 Å². The molecule has 5 nitrogen and oxygen atoms in total.